The third-order valence-corrected chi connectivity index (χ3v) is 5.83. The molecule has 0 radical (unpaired) electrons. The minimum atomic E-state index is -3.54. The Labute approximate surface area is 156 Å². The third-order valence-electron chi connectivity index (χ3n) is 4.82. The second kappa shape index (κ2) is 7.03. The SMILES string of the molecule is CS(=O)(=O)c1nccc(N2CCC(c3cccnc3)CC2)c1-c1nnn[nH]1. The molecule has 0 aliphatic carbocycles. The zero-order valence-corrected chi connectivity index (χ0v) is 15.6. The molecule has 9 nitrogen and oxygen atoms in total. The van der Waals surface area contributed by atoms with Gasteiger partial charge in [0.2, 0.25) is 0 Å². The maximum atomic E-state index is 12.3. The number of piperidine rings is 1. The van der Waals surface area contributed by atoms with E-state index < -0.39 is 9.84 Å². The molecule has 4 heterocycles. The zero-order valence-electron chi connectivity index (χ0n) is 14.8. The molecular weight excluding hydrogens is 366 g/mol. The lowest BCUT2D eigenvalue weighted by molar-refractivity contribution is 0.504. The van der Waals surface area contributed by atoms with Crippen LogP contribution in [0.25, 0.3) is 11.4 Å². The van der Waals surface area contributed by atoms with E-state index in [4.69, 9.17) is 0 Å². The molecule has 140 valence electrons. The van der Waals surface area contributed by atoms with Crippen LogP contribution in [0.4, 0.5) is 5.69 Å². The van der Waals surface area contributed by atoms with Gasteiger partial charge < -0.3 is 4.90 Å². The Hall–Kier alpha value is -2.88. The summed E-state index contributed by atoms with van der Waals surface area (Å²) in [5, 5.41) is 13.8. The number of nitrogens with zero attached hydrogens (tertiary/aromatic N) is 6. The summed E-state index contributed by atoms with van der Waals surface area (Å²) in [6.07, 6.45) is 8.26. The van der Waals surface area contributed by atoms with Crippen molar-refractivity contribution in [3.63, 3.8) is 0 Å². The minimum absolute atomic E-state index is 0.0204. The first-order valence-electron chi connectivity index (χ1n) is 8.62. The van der Waals surface area contributed by atoms with Gasteiger partial charge in [-0.2, -0.15) is 0 Å². The molecule has 0 amide bonds. The van der Waals surface area contributed by atoms with Crippen molar-refractivity contribution >= 4 is 15.5 Å². The second-order valence-electron chi connectivity index (χ2n) is 6.58. The summed E-state index contributed by atoms with van der Waals surface area (Å²) in [6, 6.07) is 5.88. The molecule has 1 fully saturated rings. The summed E-state index contributed by atoms with van der Waals surface area (Å²) >= 11 is 0. The van der Waals surface area contributed by atoms with Crippen molar-refractivity contribution in [1.29, 1.82) is 0 Å². The molecule has 0 aromatic carbocycles. The molecule has 4 rings (SSSR count). The molecule has 0 saturated carbocycles. The van der Waals surface area contributed by atoms with E-state index in [1.807, 2.05) is 18.3 Å². The molecule has 3 aromatic heterocycles. The Morgan fingerprint density at radius 1 is 1.19 bits per heavy atom. The highest BCUT2D eigenvalue weighted by atomic mass is 32.2. The number of pyridine rings is 2. The monoisotopic (exact) mass is 385 g/mol. The molecule has 10 heteroatoms. The van der Waals surface area contributed by atoms with Gasteiger partial charge in [0.05, 0.1) is 11.3 Å². The van der Waals surface area contributed by atoms with E-state index >= 15 is 0 Å². The lowest BCUT2D eigenvalue weighted by Gasteiger charge is -2.34. The minimum Gasteiger partial charge on any atom is -0.371 e. The van der Waals surface area contributed by atoms with Crippen molar-refractivity contribution in [3.05, 3.63) is 42.4 Å². The molecule has 0 atom stereocenters. The van der Waals surface area contributed by atoms with Crippen molar-refractivity contribution in [3.8, 4) is 11.4 Å². The predicted molar refractivity (Wildman–Crippen MR) is 98.9 cm³/mol. The van der Waals surface area contributed by atoms with Gasteiger partial charge in [-0.15, -0.1) is 5.10 Å². The predicted octanol–water partition coefficient (Wildman–Crippen LogP) is 1.44. The van der Waals surface area contributed by atoms with Gasteiger partial charge >= 0.3 is 0 Å². The van der Waals surface area contributed by atoms with Gasteiger partial charge in [-0.3, -0.25) is 4.98 Å². The first-order valence-corrected chi connectivity index (χ1v) is 10.5. The normalized spacial score (nSPS) is 15.8. The number of hydrogen-bond acceptors (Lipinski definition) is 8. The van der Waals surface area contributed by atoms with E-state index in [1.54, 1.807) is 6.20 Å². The van der Waals surface area contributed by atoms with Gasteiger partial charge in [-0.05, 0) is 46.9 Å². The van der Waals surface area contributed by atoms with Crippen molar-refractivity contribution < 1.29 is 8.42 Å². The van der Waals surface area contributed by atoms with Gasteiger partial charge in [0.25, 0.3) is 0 Å². The molecule has 1 aliphatic heterocycles. The van der Waals surface area contributed by atoms with Crippen LogP contribution in [0, 0.1) is 0 Å². The fraction of sp³-hybridized carbons (Fsp3) is 0.353. The van der Waals surface area contributed by atoms with Crippen LogP contribution in [-0.4, -0.2) is 58.4 Å². The Balaban J connectivity index is 1.67. The average molecular weight is 385 g/mol. The average Bonchev–Trinajstić information content (AvgIpc) is 3.22. The first-order chi connectivity index (χ1) is 13.0. The summed E-state index contributed by atoms with van der Waals surface area (Å²) in [6.45, 7) is 1.59. The number of aromatic amines is 1. The number of rotatable bonds is 4. The number of hydrogen-bond donors (Lipinski definition) is 1. The van der Waals surface area contributed by atoms with Crippen molar-refractivity contribution in [2.75, 3.05) is 24.2 Å². The summed E-state index contributed by atoms with van der Waals surface area (Å²) in [7, 11) is -3.54. The fourth-order valence-electron chi connectivity index (χ4n) is 3.54. The molecule has 27 heavy (non-hydrogen) atoms. The molecule has 1 saturated heterocycles. The van der Waals surface area contributed by atoms with Crippen LogP contribution in [0.1, 0.15) is 24.3 Å². The third kappa shape index (κ3) is 3.52. The summed E-state index contributed by atoms with van der Waals surface area (Å²) < 4.78 is 24.5. The van der Waals surface area contributed by atoms with Gasteiger partial charge in [-0.25, -0.2) is 18.5 Å². The maximum Gasteiger partial charge on any atom is 0.193 e. The van der Waals surface area contributed by atoms with E-state index in [9.17, 15) is 8.42 Å². The maximum absolute atomic E-state index is 12.3. The second-order valence-corrected chi connectivity index (χ2v) is 8.51. The fourth-order valence-corrected chi connectivity index (χ4v) is 4.36. The highest BCUT2D eigenvalue weighted by Gasteiger charge is 2.28. The van der Waals surface area contributed by atoms with E-state index in [2.05, 4.69) is 41.6 Å². The van der Waals surface area contributed by atoms with Crippen LogP contribution in [0.15, 0.2) is 41.8 Å². The van der Waals surface area contributed by atoms with Crippen LogP contribution in [0.5, 0.6) is 0 Å². The topological polar surface area (TPSA) is 118 Å². The Morgan fingerprint density at radius 3 is 2.63 bits per heavy atom. The first kappa shape index (κ1) is 17.5. The van der Waals surface area contributed by atoms with E-state index in [0.717, 1.165) is 37.9 Å². The Kier molecular flexibility index (Phi) is 4.56. The Morgan fingerprint density at radius 2 is 2.00 bits per heavy atom. The Bertz CT molecular complexity index is 1010. The number of aromatic nitrogens is 6. The number of H-pyrrole nitrogens is 1. The quantitative estimate of drug-likeness (QED) is 0.717. The smallest absolute Gasteiger partial charge is 0.193 e. The van der Waals surface area contributed by atoms with E-state index in [-0.39, 0.29) is 5.03 Å². The van der Waals surface area contributed by atoms with Crippen molar-refractivity contribution in [2.24, 2.45) is 0 Å². The lowest BCUT2D eigenvalue weighted by atomic mass is 9.90. The molecular formula is C17H19N7O2S. The number of sulfone groups is 1. The van der Waals surface area contributed by atoms with Gasteiger partial charge in [0, 0.05) is 37.9 Å². The van der Waals surface area contributed by atoms with Gasteiger partial charge in [0.15, 0.2) is 20.7 Å². The zero-order chi connectivity index (χ0) is 18.9. The van der Waals surface area contributed by atoms with Gasteiger partial charge in [0.1, 0.15) is 0 Å². The lowest BCUT2D eigenvalue weighted by Crippen LogP contribution is -2.33. The summed E-state index contributed by atoms with van der Waals surface area (Å²) in [5.74, 6) is 0.745. The van der Waals surface area contributed by atoms with E-state index in [1.165, 1.54) is 11.8 Å². The summed E-state index contributed by atoms with van der Waals surface area (Å²) in [4.78, 5) is 10.5. The van der Waals surface area contributed by atoms with Crippen LogP contribution in [-0.2, 0) is 9.84 Å². The largest absolute Gasteiger partial charge is 0.371 e. The van der Waals surface area contributed by atoms with Crippen LogP contribution < -0.4 is 4.90 Å². The molecule has 1 N–H and O–H groups in total. The van der Waals surface area contributed by atoms with Crippen molar-refractivity contribution in [1.82, 2.24) is 30.6 Å². The van der Waals surface area contributed by atoms with Crippen LogP contribution in [0.2, 0.25) is 0 Å². The van der Waals surface area contributed by atoms with Crippen LogP contribution >= 0.6 is 0 Å². The number of anilines is 1. The van der Waals surface area contributed by atoms with Crippen LogP contribution in [0.3, 0.4) is 0 Å². The molecule has 0 unspecified atom stereocenters. The highest BCUT2D eigenvalue weighted by Crippen LogP contribution is 2.36. The molecule has 0 bridgehead atoms. The molecule has 3 aromatic rings. The molecule has 0 spiro atoms. The summed E-state index contributed by atoms with van der Waals surface area (Å²) in [5.41, 5.74) is 2.43. The molecule has 1 aliphatic rings. The van der Waals surface area contributed by atoms with Gasteiger partial charge in [-0.1, -0.05) is 6.07 Å². The number of nitrogens with one attached hydrogen (secondary N) is 1. The van der Waals surface area contributed by atoms with Crippen molar-refractivity contribution in [2.45, 2.75) is 23.8 Å². The highest BCUT2D eigenvalue weighted by molar-refractivity contribution is 7.90. The number of tetrazole rings is 1. The standard InChI is InChI=1S/C17H19N7O2S/c1-27(25,26)17-15(16-20-22-23-21-16)14(4-8-19-17)24-9-5-12(6-10-24)13-3-2-7-18-11-13/h2-4,7-8,11-12H,5-6,9-10H2,1H3,(H,20,21,22,23). The van der Waals surface area contributed by atoms with E-state index in [0.29, 0.717) is 17.3 Å².